The molecule has 0 saturated heterocycles. The summed E-state index contributed by atoms with van der Waals surface area (Å²) >= 11 is 1.37. The van der Waals surface area contributed by atoms with Crippen molar-refractivity contribution in [2.24, 2.45) is 0 Å². The molecule has 0 bridgehead atoms. The smallest absolute Gasteiger partial charge is 0.257 e. The lowest BCUT2D eigenvalue weighted by Crippen LogP contribution is -2.19. The first-order valence-corrected chi connectivity index (χ1v) is 10.7. The number of carbonyl (C=O) groups is 3. The van der Waals surface area contributed by atoms with E-state index in [0.29, 0.717) is 22.6 Å². The molecule has 3 N–H and O–H groups in total. The highest BCUT2D eigenvalue weighted by molar-refractivity contribution is 8.00. The third kappa shape index (κ3) is 6.72. The van der Waals surface area contributed by atoms with E-state index in [-0.39, 0.29) is 23.5 Å². The first-order chi connectivity index (χ1) is 14.9. The molecule has 0 atom stereocenters. The Kier molecular flexibility index (Phi) is 7.45. The Morgan fingerprint density at radius 1 is 0.806 bits per heavy atom. The fraction of sp³-hybridized carbons (Fsp3) is 0.125. The third-order valence-electron chi connectivity index (χ3n) is 4.27. The van der Waals surface area contributed by atoms with Crippen molar-refractivity contribution in [3.8, 4) is 0 Å². The molecule has 0 aliphatic heterocycles. The second-order valence-electron chi connectivity index (χ2n) is 6.91. The molecule has 7 heteroatoms. The van der Waals surface area contributed by atoms with Gasteiger partial charge in [0.1, 0.15) is 0 Å². The molecule has 0 saturated carbocycles. The van der Waals surface area contributed by atoms with Crippen molar-refractivity contribution in [2.75, 3.05) is 21.7 Å². The highest BCUT2D eigenvalue weighted by Gasteiger charge is 2.14. The van der Waals surface area contributed by atoms with E-state index in [1.807, 2.05) is 43.3 Å². The summed E-state index contributed by atoms with van der Waals surface area (Å²) in [6, 6.07) is 21.7. The fourth-order valence-corrected chi connectivity index (χ4v) is 3.58. The van der Waals surface area contributed by atoms with E-state index in [9.17, 15) is 14.4 Å². The SMILES string of the molecule is CC(=O)Nc1ccc(SCC(=O)Nc2ccccc2C(=O)Nc2cccc(C)c2)cc1. The number of para-hydroxylation sites is 1. The van der Waals surface area contributed by atoms with Crippen molar-refractivity contribution < 1.29 is 14.4 Å². The second kappa shape index (κ2) is 10.4. The van der Waals surface area contributed by atoms with Gasteiger partial charge in [-0.05, 0) is 61.0 Å². The first kappa shape index (κ1) is 22.1. The molecule has 0 unspecified atom stereocenters. The van der Waals surface area contributed by atoms with Crippen LogP contribution >= 0.6 is 11.8 Å². The number of thioether (sulfide) groups is 1. The van der Waals surface area contributed by atoms with E-state index in [1.165, 1.54) is 18.7 Å². The molecule has 0 aromatic heterocycles. The van der Waals surface area contributed by atoms with Crippen molar-refractivity contribution in [1.82, 2.24) is 0 Å². The van der Waals surface area contributed by atoms with E-state index in [1.54, 1.807) is 36.4 Å². The summed E-state index contributed by atoms with van der Waals surface area (Å²) in [5, 5.41) is 8.38. The second-order valence-corrected chi connectivity index (χ2v) is 7.96. The van der Waals surface area contributed by atoms with Crippen LogP contribution < -0.4 is 16.0 Å². The summed E-state index contributed by atoms with van der Waals surface area (Å²) in [4.78, 5) is 37.2. The van der Waals surface area contributed by atoms with Gasteiger partial charge in [0.2, 0.25) is 11.8 Å². The Bertz CT molecular complexity index is 1100. The Balaban J connectivity index is 1.60. The molecule has 3 aromatic carbocycles. The summed E-state index contributed by atoms with van der Waals surface area (Å²) < 4.78 is 0. The quantitative estimate of drug-likeness (QED) is 0.461. The number of anilines is 3. The monoisotopic (exact) mass is 433 g/mol. The number of aryl methyl sites for hydroxylation is 1. The highest BCUT2D eigenvalue weighted by atomic mass is 32.2. The molecule has 3 aromatic rings. The normalized spacial score (nSPS) is 10.3. The van der Waals surface area contributed by atoms with Gasteiger partial charge in [0, 0.05) is 23.2 Å². The van der Waals surface area contributed by atoms with E-state index in [0.717, 1.165) is 10.5 Å². The average Bonchev–Trinajstić information content (AvgIpc) is 2.73. The molecule has 6 nitrogen and oxygen atoms in total. The van der Waals surface area contributed by atoms with Crippen LogP contribution in [0.25, 0.3) is 0 Å². The van der Waals surface area contributed by atoms with E-state index in [2.05, 4.69) is 16.0 Å². The molecular formula is C24H23N3O3S. The van der Waals surface area contributed by atoms with Crippen LogP contribution in [0.4, 0.5) is 17.1 Å². The minimum Gasteiger partial charge on any atom is -0.326 e. The van der Waals surface area contributed by atoms with Crippen molar-refractivity contribution >= 4 is 46.5 Å². The van der Waals surface area contributed by atoms with Crippen LogP contribution in [0.15, 0.2) is 77.7 Å². The van der Waals surface area contributed by atoms with Crippen LogP contribution in [0, 0.1) is 6.92 Å². The van der Waals surface area contributed by atoms with Gasteiger partial charge < -0.3 is 16.0 Å². The van der Waals surface area contributed by atoms with Crippen molar-refractivity contribution in [2.45, 2.75) is 18.7 Å². The zero-order valence-electron chi connectivity index (χ0n) is 17.3. The van der Waals surface area contributed by atoms with E-state index in [4.69, 9.17) is 0 Å². The van der Waals surface area contributed by atoms with Crippen LogP contribution in [0.1, 0.15) is 22.8 Å². The average molecular weight is 434 g/mol. The largest absolute Gasteiger partial charge is 0.326 e. The Morgan fingerprint density at radius 2 is 1.55 bits per heavy atom. The Hall–Kier alpha value is -3.58. The van der Waals surface area contributed by atoms with Crippen molar-refractivity contribution in [1.29, 1.82) is 0 Å². The third-order valence-corrected chi connectivity index (χ3v) is 5.28. The van der Waals surface area contributed by atoms with Gasteiger partial charge >= 0.3 is 0 Å². The predicted octanol–water partition coefficient (Wildman–Crippen LogP) is 4.94. The van der Waals surface area contributed by atoms with E-state index >= 15 is 0 Å². The number of hydrogen-bond donors (Lipinski definition) is 3. The fourth-order valence-electron chi connectivity index (χ4n) is 2.88. The summed E-state index contributed by atoms with van der Waals surface area (Å²) in [5.41, 5.74) is 3.29. The molecule has 0 spiro atoms. The zero-order valence-corrected chi connectivity index (χ0v) is 18.1. The topological polar surface area (TPSA) is 87.3 Å². The molecular weight excluding hydrogens is 410 g/mol. The molecule has 0 fully saturated rings. The molecule has 158 valence electrons. The van der Waals surface area contributed by atoms with Crippen LogP contribution in [0.3, 0.4) is 0 Å². The lowest BCUT2D eigenvalue weighted by atomic mass is 10.1. The number of hydrogen-bond acceptors (Lipinski definition) is 4. The minimum absolute atomic E-state index is 0.134. The van der Waals surface area contributed by atoms with Crippen molar-refractivity contribution in [3.63, 3.8) is 0 Å². The Labute approximate surface area is 185 Å². The molecule has 31 heavy (non-hydrogen) atoms. The van der Waals surface area contributed by atoms with Gasteiger partial charge in [-0.2, -0.15) is 0 Å². The summed E-state index contributed by atoms with van der Waals surface area (Å²) in [7, 11) is 0. The molecule has 0 radical (unpaired) electrons. The highest BCUT2D eigenvalue weighted by Crippen LogP contribution is 2.22. The van der Waals surface area contributed by atoms with Gasteiger partial charge in [0.05, 0.1) is 17.0 Å². The summed E-state index contributed by atoms with van der Waals surface area (Å²) in [6.07, 6.45) is 0. The predicted molar refractivity (Wildman–Crippen MR) is 126 cm³/mol. The lowest BCUT2D eigenvalue weighted by molar-refractivity contribution is -0.114. The van der Waals surface area contributed by atoms with Gasteiger partial charge in [0.15, 0.2) is 0 Å². The van der Waals surface area contributed by atoms with Crippen LogP contribution in [-0.2, 0) is 9.59 Å². The first-order valence-electron chi connectivity index (χ1n) is 9.68. The number of carbonyl (C=O) groups excluding carboxylic acids is 3. The number of rotatable bonds is 7. The van der Waals surface area contributed by atoms with Crippen LogP contribution in [0.2, 0.25) is 0 Å². The number of nitrogens with one attached hydrogen (secondary N) is 3. The maximum absolute atomic E-state index is 12.7. The van der Waals surface area contributed by atoms with Crippen LogP contribution in [-0.4, -0.2) is 23.5 Å². The lowest BCUT2D eigenvalue weighted by Gasteiger charge is -2.12. The van der Waals surface area contributed by atoms with Gasteiger partial charge in [-0.25, -0.2) is 0 Å². The van der Waals surface area contributed by atoms with Gasteiger partial charge in [-0.1, -0.05) is 24.3 Å². The maximum Gasteiger partial charge on any atom is 0.257 e. The number of benzene rings is 3. The molecule has 0 aliphatic carbocycles. The standard InChI is InChI=1S/C24H23N3O3S/c1-16-6-5-7-19(14-16)26-24(30)21-8-3-4-9-22(21)27-23(29)15-31-20-12-10-18(11-13-20)25-17(2)28/h3-14H,15H2,1-2H3,(H,25,28)(H,26,30)(H,27,29). The molecule has 3 amide bonds. The van der Waals surface area contributed by atoms with Crippen LogP contribution in [0.5, 0.6) is 0 Å². The van der Waals surface area contributed by atoms with Gasteiger partial charge in [-0.3, -0.25) is 14.4 Å². The number of amides is 3. The van der Waals surface area contributed by atoms with Gasteiger partial charge in [0.25, 0.3) is 5.91 Å². The summed E-state index contributed by atoms with van der Waals surface area (Å²) in [6.45, 7) is 3.40. The van der Waals surface area contributed by atoms with Crippen molar-refractivity contribution in [3.05, 3.63) is 83.9 Å². The minimum atomic E-state index is -0.289. The Morgan fingerprint density at radius 3 is 2.26 bits per heavy atom. The summed E-state index contributed by atoms with van der Waals surface area (Å²) in [5.74, 6) is -0.452. The molecule has 3 rings (SSSR count). The maximum atomic E-state index is 12.7. The van der Waals surface area contributed by atoms with E-state index < -0.39 is 0 Å². The zero-order chi connectivity index (χ0) is 22.2. The molecule has 0 heterocycles. The molecule has 0 aliphatic rings. The van der Waals surface area contributed by atoms with Gasteiger partial charge in [-0.15, -0.1) is 11.8 Å².